The van der Waals surface area contributed by atoms with Crippen molar-refractivity contribution >= 4 is 15.8 Å². The maximum absolute atomic E-state index is 12.1. The number of methoxy groups -OCH3 is 1. The quantitative estimate of drug-likeness (QED) is 0.250. The molecule has 2 heterocycles. The summed E-state index contributed by atoms with van der Waals surface area (Å²) in [4.78, 5) is 34.9. The van der Waals surface area contributed by atoms with Gasteiger partial charge in [-0.3, -0.25) is 18.9 Å². The van der Waals surface area contributed by atoms with Gasteiger partial charge >= 0.3 is 21.5 Å². The van der Waals surface area contributed by atoms with E-state index in [-0.39, 0.29) is 0 Å². The minimum absolute atomic E-state index is 0.324. The lowest BCUT2D eigenvalue weighted by Crippen LogP contribution is -2.40. The predicted octanol–water partition coefficient (Wildman–Crippen LogP) is -0.486. The van der Waals surface area contributed by atoms with Crippen LogP contribution in [0.2, 0.25) is 0 Å². The van der Waals surface area contributed by atoms with Gasteiger partial charge in [-0.05, 0) is 4.57 Å². The normalized spacial score (nSPS) is 35.6. The minimum Gasteiger partial charge on any atom is -0.374 e. The molecular weight excluding hydrogens is 408 g/mol. The molecule has 8 unspecified atom stereocenters. The van der Waals surface area contributed by atoms with Crippen molar-refractivity contribution in [3.63, 3.8) is 0 Å². The van der Waals surface area contributed by atoms with Crippen LogP contribution in [0.15, 0.2) is 21.9 Å². The number of ether oxygens (including phenoxy) is 2. The van der Waals surface area contributed by atoms with Gasteiger partial charge in [0.15, 0.2) is 11.9 Å². The fraction of sp³-hybridized carbons (Fsp3) is 0.667. The second-order valence-electron chi connectivity index (χ2n) is 6.18. The second kappa shape index (κ2) is 7.63. The molecule has 1 aliphatic heterocycles. The van der Waals surface area contributed by atoms with Crippen LogP contribution < -0.4 is 16.8 Å². The summed E-state index contributed by atoms with van der Waals surface area (Å²) in [6.07, 6.45) is -2.77. The highest BCUT2D eigenvalue weighted by Gasteiger charge is 2.65. The molecule has 0 radical (unpaired) electrons. The molecule has 15 heteroatoms. The first-order valence-corrected chi connectivity index (χ1v) is 10.6. The van der Waals surface area contributed by atoms with E-state index in [2.05, 4.69) is 9.66 Å². The van der Waals surface area contributed by atoms with E-state index in [9.17, 15) is 23.6 Å². The first-order chi connectivity index (χ1) is 12.7. The second-order valence-corrected chi connectivity index (χ2v) is 8.91. The zero-order valence-corrected chi connectivity index (χ0v) is 15.7. The highest BCUT2D eigenvalue weighted by Crippen LogP contribution is 2.57. The Morgan fingerprint density at radius 3 is 2.70 bits per heavy atom. The van der Waals surface area contributed by atoms with E-state index in [1.165, 1.54) is 13.3 Å². The molecule has 13 nitrogen and oxygen atoms in total. The van der Waals surface area contributed by atoms with Gasteiger partial charge in [0.05, 0.1) is 6.10 Å². The van der Waals surface area contributed by atoms with Crippen molar-refractivity contribution in [3.05, 3.63) is 33.1 Å². The lowest BCUT2D eigenvalue weighted by Gasteiger charge is -2.24. The summed E-state index contributed by atoms with van der Waals surface area (Å²) in [5.74, 6) is -0.460. The Bertz CT molecular complexity index is 881. The molecule has 150 valence electrons. The number of hydrogen-bond acceptors (Lipinski definition) is 9. The molecule has 1 aliphatic carbocycles. The Morgan fingerprint density at radius 1 is 1.44 bits per heavy atom. The number of rotatable bonds is 7. The number of aromatic amines is 1. The number of nitrogens with two attached hydrogens (primary N) is 1. The number of nitrogens with one attached hydrogen (secondary N) is 1. The third kappa shape index (κ3) is 4.27. The Labute approximate surface area is 152 Å². The maximum Gasteiger partial charge on any atom is 0.542 e. The first kappa shape index (κ1) is 20.5. The van der Waals surface area contributed by atoms with Crippen LogP contribution in [0.5, 0.6) is 0 Å². The molecule has 0 aromatic carbocycles. The minimum atomic E-state index is -4.46. The van der Waals surface area contributed by atoms with Crippen LogP contribution in [0.3, 0.4) is 0 Å². The van der Waals surface area contributed by atoms with Crippen molar-refractivity contribution in [1.29, 1.82) is 0 Å². The highest BCUT2D eigenvalue weighted by atomic mass is 31.2. The largest absolute Gasteiger partial charge is 0.542 e. The molecule has 1 aromatic heterocycles. The first-order valence-electron chi connectivity index (χ1n) is 7.73. The van der Waals surface area contributed by atoms with Gasteiger partial charge in [0.25, 0.3) is 5.56 Å². The van der Waals surface area contributed by atoms with E-state index >= 15 is 0 Å². The van der Waals surface area contributed by atoms with E-state index in [1.54, 1.807) is 0 Å². The van der Waals surface area contributed by atoms with Crippen LogP contribution in [0.4, 0.5) is 0 Å². The predicted molar refractivity (Wildman–Crippen MR) is 88.1 cm³/mol. The molecule has 8 atom stereocenters. The molecule has 0 amide bonds. The molecule has 3 rings (SSSR count). The van der Waals surface area contributed by atoms with Gasteiger partial charge in [-0.1, -0.05) is 0 Å². The molecule has 1 saturated heterocycles. The third-order valence-corrected chi connectivity index (χ3v) is 6.32. The molecule has 0 spiro atoms. The van der Waals surface area contributed by atoms with Gasteiger partial charge in [-0.15, -0.1) is 0 Å². The number of hydrogen-bond donors (Lipinski definition) is 4. The van der Waals surface area contributed by atoms with Gasteiger partial charge in [0.1, 0.15) is 12.2 Å². The van der Waals surface area contributed by atoms with Crippen molar-refractivity contribution < 1.29 is 38.0 Å². The van der Waals surface area contributed by atoms with E-state index < -0.39 is 63.1 Å². The van der Waals surface area contributed by atoms with Crippen LogP contribution >= 0.6 is 15.8 Å². The molecular formula is C12H18N3O10P2+. The fourth-order valence-electron chi connectivity index (χ4n) is 3.26. The summed E-state index contributed by atoms with van der Waals surface area (Å²) in [5.41, 5.74) is 3.14. The van der Waals surface area contributed by atoms with Crippen molar-refractivity contribution in [2.24, 2.45) is 11.4 Å². The standard InChI is InChI=1S/C12H17N3O10P2/c1-22-10-9(24-27(13,20)21)8(5-4-6(5)26(19)25-18)23-11(10)15-3-2-7(16)14-12(15)17/h2-3,5-6,8-11H,4H2,1H3,(H4-,13,14,16,17,18,20,21)/p+1. The monoisotopic (exact) mass is 426 g/mol. The smallest absolute Gasteiger partial charge is 0.374 e. The van der Waals surface area contributed by atoms with Gasteiger partial charge in [0, 0.05) is 36.4 Å². The Balaban J connectivity index is 1.94. The molecule has 5 N–H and O–H groups in total. The number of nitrogens with zero attached hydrogens (tertiary/aromatic N) is 1. The van der Waals surface area contributed by atoms with Crippen LogP contribution in [0, 0.1) is 5.92 Å². The van der Waals surface area contributed by atoms with Crippen molar-refractivity contribution in [2.45, 2.75) is 36.6 Å². The summed E-state index contributed by atoms with van der Waals surface area (Å²) in [7, 11) is -5.57. The van der Waals surface area contributed by atoms with Crippen LogP contribution in [0.1, 0.15) is 12.6 Å². The van der Waals surface area contributed by atoms with E-state index in [0.29, 0.717) is 6.42 Å². The van der Waals surface area contributed by atoms with Crippen molar-refractivity contribution in [1.82, 2.24) is 9.55 Å². The van der Waals surface area contributed by atoms with Gasteiger partial charge in [-0.2, -0.15) is 0 Å². The summed E-state index contributed by atoms with van der Waals surface area (Å²) in [6, 6.07) is 1.09. The molecule has 2 aliphatic rings. The van der Waals surface area contributed by atoms with E-state index in [0.717, 1.165) is 10.6 Å². The summed E-state index contributed by atoms with van der Waals surface area (Å²) in [6.45, 7) is 0. The summed E-state index contributed by atoms with van der Waals surface area (Å²) in [5, 5.41) is 8.58. The Morgan fingerprint density at radius 2 is 2.15 bits per heavy atom. The topological polar surface area (TPSA) is 192 Å². The van der Waals surface area contributed by atoms with E-state index in [4.69, 9.17) is 24.8 Å². The van der Waals surface area contributed by atoms with Gasteiger partial charge < -0.3 is 14.4 Å². The Hall–Kier alpha value is -1.27. The SMILES string of the molecule is COC1C(OP(N)(=O)O)C(C2CC2[P+](=O)OO)OC1n1ccc(=O)[nH]c1=O. The average molecular weight is 426 g/mol. The molecule has 2 fully saturated rings. The molecule has 0 bridgehead atoms. The average Bonchev–Trinajstić information content (AvgIpc) is 3.30. The summed E-state index contributed by atoms with van der Waals surface area (Å²) >= 11 is 0. The molecule has 1 saturated carbocycles. The van der Waals surface area contributed by atoms with E-state index in [1.807, 2.05) is 0 Å². The summed E-state index contributed by atoms with van der Waals surface area (Å²) < 4.78 is 44.3. The number of aromatic nitrogens is 2. The Kier molecular flexibility index (Phi) is 5.78. The maximum atomic E-state index is 12.1. The highest BCUT2D eigenvalue weighted by molar-refractivity contribution is 7.50. The van der Waals surface area contributed by atoms with Crippen LogP contribution in [-0.4, -0.2) is 50.8 Å². The zero-order chi connectivity index (χ0) is 19.9. The lowest BCUT2D eigenvalue weighted by molar-refractivity contribution is -0.130. The molecule has 1 aromatic rings. The van der Waals surface area contributed by atoms with Crippen LogP contribution in [0.25, 0.3) is 0 Å². The number of H-pyrrole nitrogens is 1. The van der Waals surface area contributed by atoms with Crippen molar-refractivity contribution in [2.75, 3.05) is 7.11 Å². The van der Waals surface area contributed by atoms with Gasteiger partial charge in [0.2, 0.25) is 0 Å². The lowest BCUT2D eigenvalue weighted by atomic mass is 10.1. The third-order valence-electron chi connectivity index (χ3n) is 4.47. The van der Waals surface area contributed by atoms with Crippen molar-refractivity contribution in [3.8, 4) is 0 Å². The molecule has 27 heavy (non-hydrogen) atoms. The van der Waals surface area contributed by atoms with Gasteiger partial charge in [-0.25, -0.2) is 20.1 Å². The zero-order valence-electron chi connectivity index (χ0n) is 13.9. The fourth-order valence-corrected chi connectivity index (χ4v) is 4.87. The van der Waals surface area contributed by atoms with Crippen LogP contribution in [-0.2, 0) is 27.8 Å².